The first kappa shape index (κ1) is 11.3. The zero-order valence-electron chi connectivity index (χ0n) is 9.78. The fraction of sp³-hybridized carbons (Fsp3) is 0.154. The van der Waals surface area contributed by atoms with E-state index in [2.05, 4.69) is 0 Å². The molecule has 0 saturated heterocycles. The number of rotatable bonds is 3. The zero-order valence-corrected chi connectivity index (χ0v) is 9.78. The lowest BCUT2D eigenvalue weighted by molar-refractivity contribution is 0.358. The van der Waals surface area contributed by atoms with Crippen molar-refractivity contribution in [2.75, 3.05) is 14.2 Å². The standard InChI is InChI=1S/C13H14N2O2/c1-16-11-6-5-8-3-4-9(13(14)15)7-10(8)12(11)17-2/h3-7H,1-2H3,(H3,14,15). The predicted molar refractivity (Wildman–Crippen MR) is 68.1 cm³/mol. The van der Waals surface area contributed by atoms with Crippen LogP contribution < -0.4 is 15.2 Å². The van der Waals surface area contributed by atoms with Gasteiger partial charge in [0.2, 0.25) is 0 Å². The summed E-state index contributed by atoms with van der Waals surface area (Å²) >= 11 is 0. The lowest BCUT2D eigenvalue weighted by atomic mass is 10.1. The topological polar surface area (TPSA) is 68.3 Å². The molecule has 0 amide bonds. The Kier molecular flexibility index (Phi) is 2.87. The molecule has 3 N–H and O–H groups in total. The van der Waals surface area contributed by atoms with Crippen LogP contribution in [0.3, 0.4) is 0 Å². The van der Waals surface area contributed by atoms with E-state index >= 15 is 0 Å². The van der Waals surface area contributed by atoms with Crippen LogP contribution in [0.2, 0.25) is 0 Å². The van der Waals surface area contributed by atoms with Gasteiger partial charge in [-0.25, -0.2) is 0 Å². The predicted octanol–water partition coefficient (Wildman–Crippen LogP) is 2.14. The molecule has 0 aliphatic rings. The number of nitrogens with one attached hydrogen (secondary N) is 1. The van der Waals surface area contributed by atoms with Gasteiger partial charge in [0.25, 0.3) is 0 Å². The number of nitrogens with two attached hydrogens (primary N) is 1. The molecule has 0 unspecified atom stereocenters. The number of ether oxygens (including phenoxy) is 2. The second-order valence-corrected chi connectivity index (χ2v) is 3.65. The third-order valence-electron chi connectivity index (χ3n) is 2.67. The number of fused-ring (bicyclic) bond motifs is 1. The highest BCUT2D eigenvalue weighted by Crippen LogP contribution is 2.35. The van der Waals surface area contributed by atoms with Crippen molar-refractivity contribution < 1.29 is 9.47 Å². The van der Waals surface area contributed by atoms with Crippen LogP contribution in [0.15, 0.2) is 30.3 Å². The van der Waals surface area contributed by atoms with Crippen molar-refractivity contribution in [3.8, 4) is 11.5 Å². The smallest absolute Gasteiger partial charge is 0.168 e. The Labute approximate surface area is 99.5 Å². The van der Waals surface area contributed by atoms with Crippen molar-refractivity contribution in [1.82, 2.24) is 0 Å². The Hall–Kier alpha value is -2.23. The van der Waals surface area contributed by atoms with Crippen LogP contribution in [0.1, 0.15) is 5.56 Å². The normalized spacial score (nSPS) is 10.2. The summed E-state index contributed by atoms with van der Waals surface area (Å²) < 4.78 is 10.6. The van der Waals surface area contributed by atoms with Gasteiger partial charge in [0, 0.05) is 10.9 Å². The van der Waals surface area contributed by atoms with Gasteiger partial charge in [0.05, 0.1) is 14.2 Å². The zero-order chi connectivity index (χ0) is 12.4. The molecule has 0 heterocycles. The number of methoxy groups -OCH3 is 2. The third-order valence-corrected chi connectivity index (χ3v) is 2.67. The average molecular weight is 230 g/mol. The highest BCUT2D eigenvalue weighted by atomic mass is 16.5. The summed E-state index contributed by atoms with van der Waals surface area (Å²) in [5, 5.41) is 9.35. The van der Waals surface area contributed by atoms with E-state index in [1.165, 1.54) is 0 Å². The molecule has 0 spiro atoms. The maximum atomic E-state index is 7.44. The van der Waals surface area contributed by atoms with Crippen molar-refractivity contribution in [1.29, 1.82) is 5.41 Å². The fourth-order valence-electron chi connectivity index (χ4n) is 1.81. The Morgan fingerprint density at radius 2 is 1.82 bits per heavy atom. The molecule has 88 valence electrons. The summed E-state index contributed by atoms with van der Waals surface area (Å²) in [6.07, 6.45) is 0. The van der Waals surface area contributed by atoms with Gasteiger partial charge in [0.15, 0.2) is 11.5 Å². The van der Waals surface area contributed by atoms with Crippen LogP contribution in [-0.2, 0) is 0 Å². The first-order valence-electron chi connectivity index (χ1n) is 5.16. The van der Waals surface area contributed by atoms with Gasteiger partial charge >= 0.3 is 0 Å². The van der Waals surface area contributed by atoms with E-state index in [-0.39, 0.29) is 5.84 Å². The van der Waals surface area contributed by atoms with Gasteiger partial charge < -0.3 is 15.2 Å². The first-order chi connectivity index (χ1) is 8.17. The minimum absolute atomic E-state index is 0.0387. The van der Waals surface area contributed by atoms with Crippen LogP contribution in [0.5, 0.6) is 11.5 Å². The molecule has 0 radical (unpaired) electrons. The second kappa shape index (κ2) is 4.33. The Bertz CT molecular complexity index is 579. The van der Waals surface area contributed by atoms with Crippen LogP contribution in [0.25, 0.3) is 10.8 Å². The second-order valence-electron chi connectivity index (χ2n) is 3.65. The lowest BCUT2D eigenvalue weighted by Gasteiger charge is -2.11. The molecule has 0 atom stereocenters. The summed E-state index contributed by atoms with van der Waals surface area (Å²) in [5.41, 5.74) is 6.15. The van der Waals surface area contributed by atoms with Crippen LogP contribution in [0, 0.1) is 5.41 Å². The first-order valence-corrected chi connectivity index (χ1v) is 5.16. The van der Waals surface area contributed by atoms with E-state index in [0.29, 0.717) is 17.1 Å². The number of hydrogen-bond donors (Lipinski definition) is 2. The van der Waals surface area contributed by atoms with E-state index in [1.54, 1.807) is 14.2 Å². The highest BCUT2D eigenvalue weighted by molar-refractivity contribution is 6.01. The van der Waals surface area contributed by atoms with E-state index in [9.17, 15) is 0 Å². The molecule has 0 bridgehead atoms. The van der Waals surface area contributed by atoms with Crippen molar-refractivity contribution in [3.05, 3.63) is 35.9 Å². The fourth-order valence-corrected chi connectivity index (χ4v) is 1.81. The van der Waals surface area contributed by atoms with Crippen LogP contribution in [-0.4, -0.2) is 20.1 Å². The molecule has 0 fully saturated rings. The molecule has 0 saturated carbocycles. The third kappa shape index (κ3) is 1.89. The molecule has 2 aromatic rings. The molecule has 0 aliphatic carbocycles. The van der Waals surface area contributed by atoms with Crippen LogP contribution >= 0.6 is 0 Å². The Morgan fingerprint density at radius 3 is 2.41 bits per heavy atom. The van der Waals surface area contributed by atoms with Gasteiger partial charge in [-0.15, -0.1) is 0 Å². The Morgan fingerprint density at radius 1 is 1.12 bits per heavy atom. The molecule has 0 aliphatic heterocycles. The number of benzene rings is 2. The molecule has 4 nitrogen and oxygen atoms in total. The van der Waals surface area contributed by atoms with Crippen molar-refractivity contribution >= 4 is 16.6 Å². The highest BCUT2D eigenvalue weighted by Gasteiger charge is 2.09. The molecule has 2 aromatic carbocycles. The number of amidine groups is 1. The minimum atomic E-state index is 0.0387. The SMILES string of the molecule is COc1ccc2ccc(C(=N)N)cc2c1OC. The Balaban J connectivity index is 2.75. The molecular weight excluding hydrogens is 216 g/mol. The average Bonchev–Trinajstić information content (AvgIpc) is 2.36. The largest absolute Gasteiger partial charge is 0.493 e. The lowest BCUT2D eigenvalue weighted by Crippen LogP contribution is -2.10. The van der Waals surface area contributed by atoms with Gasteiger partial charge in [-0.3, -0.25) is 5.41 Å². The summed E-state index contributed by atoms with van der Waals surface area (Å²) in [5.74, 6) is 1.37. The molecule has 4 heteroatoms. The van der Waals surface area contributed by atoms with Crippen LogP contribution in [0.4, 0.5) is 0 Å². The van der Waals surface area contributed by atoms with E-state index in [4.69, 9.17) is 20.6 Å². The van der Waals surface area contributed by atoms with Crippen molar-refractivity contribution in [3.63, 3.8) is 0 Å². The van der Waals surface area contributed by atoms with Crippen molar-refractivity contribution in [2.45, 2.75) is 0 Å². The maximum Gasteiger partial charge on any atom is 0.168 e. The minimum Gasteiger partial charge on any atom is -0.493 e. The maximum absolute atomic E-state index is 7.44. The molecule has 0 aromatic heterocycles. The van der Waals surface area contributed by atoms with E-state index in [1.807, 2.05) is 30.3 Å². The van der Waals surface area contributed by atoms with Gasteiger partial charge in [-0.2, -0.15) is 0 Å². The number of nitrogen functional groups attached to an aromatic ring is 1. The summed E-state index contributed by atoms with van der Waals surface area (Å²) in [6, 6.07) is 9.36. The molecule has 2 rings (SSSR count). The quantitative estimate of drug-likeness (QED) is 0.627. The van der Waals surface area contributed by atoms with E-state index in [0.717, 1.165) is 10.8 Å². The molecule has 17 heavy (non-hydrogen) atoms. The van der Waals surface area contributed by atoms with Gasteiger partial charge in [-0.1, -0.05) is 18.2 Å². The van der Waals surface area contributed by atoms with Crippen molar-refractivity contribution in [2.24, 2.45) is 5.73 Å². The van der Waals surface area contributed by atoms with Gasteiger partial charge in [0.1, 0.15) is 5.84 Å². The summed E-state index contributed by atoms with van der Waals surface area (Å²) in [4.78, 5) is 0. The van der Waals surface area contributed by atoms with E-state index < -0.39 is 0 Å². The van der Waals surface area contributed by atoms with Gasteiger partial charge in [-0.05, 0) is 17.5 Å². The monoisotopic (exact) mass is 230 g/mol. The summed E-state index contributed by atoms with van der Waals surface area (Å²) in [6.45, 7) is 0. The number of hydrogen-bond acceptors (Lipinski definition) is 3. The summed E-state index contributed by atoms with van der Waals surface area (Å²) in [7, 11) is 3.19. The molecular formula is C13H14N2O2.